The number of rotatable bonds is 4. The smallest absolute Gasteiger partial charge is 0.277 e. The first kappa shape index (κ1) is 11.2. The van der Waals surface area contributed by atoms with Gasteiger partial charge in [0.1, 0.15) is 0 Å². The molecule has 2 aromatic rings. The van der Waals surface area contributed by atoms with Crippen molar-refractivity contribution in [3.8, 4) is 10.6 Å². The summed E-state index contributed by atoms with van der Waals surface area (Å²) in [6.07, 6.45) is 2.98. The van der Waals surface area contributed by atoms with Crippen molar-refractivity contribution < 1.29 is 8.78 Å². The van der Waals surface area contributed by atoms with Gasteiger partial charge in [0.25, 0.3) is 5.92 Å². The minimum Gasteiger partial charge on any atom is -0.325 e. The lowest BCUT2D eigenvalue weighted by Gasteiger charge is -2.15. The van der Waals surface area contributed by atoms with E-state index >= 15 is 0 Å². The maximum absolute atomic E-state index is 13.2. The van der Waals surface area contributed by atoms with Crippen molar-refractivity contribution in [1.29, 1.82) is 0 Å². The molecule has 2 N–H and O–H groups in total. The molecule has 0 aliphatic rings. The van der Waals surface area contributed by atoms with Crippen LogP contribution in [0.15, 0.2) is 30.0 Å². The average molecular weight is 243 g/mol. The quantitative estimate of drug-likeness (QED) is 0.894. The summed E-state index contributed by atoms with van der Waals surface area (Å²) >= 11 is 1.49. The minimum atomic E-state index is -2.90. The Labute approximate surface area is 95.5 Å². The molecule has 0 radical (unpaired) electrons. The Morgan fingerprint density at radius 1 is 1.50 bits per heavy atom. The molecule has 3 nitrogen and oxygen atoms in total. The van der Waals surface area contributed by atoms with Crippen molar-refractivity contribution in [2.24, 2.45) is 5.73 Å². The van der Waals surface area contributed by atoms with E-state index in [4.69, 9.17) is 5.73 Å². The Kier molecular flexibility index (Phi) is 3.02. The van der Waals surface area contributed by atoms with Crippen LogP contribution >= 0.6 is 11.3 Å². The van der Waals surface area contributed by atoms with E-state index in [-0.39, 0.29) is 0 Å². The third kappa shape index (κ3) is 2.28. The zero-order valence-electron chi connectivity index (χ0n) is 8.44. The van der Waals surface area contributed by atoms with Crippen LogP contribution in [0.5, 0.6) is 0 Å². The number of alkyl halides is 2. The lowest BCUT2D eigenvalue weighted by Crippen LogP contribution is -2.32. The molecule has 0 aliphatic heterocycles. The van der Waals surface area contributed by atoms with Crippen LogP contribution < -0.4 is 5.73 Å². The Hall–Kier alpha value is -1.27. The van der Waals surface area contributed by atoms with Gasteiger partial charge in [-0.2, -0.15) is 0 Å². The normalized spacial score (nSPS) is 11.9. The molecule has 2 heterocycles. The molecule has 0 fully saturated rings. The van der Waals surface area contributed by atoms with Gasteiger partial charge in [0, 0.05) is 0 Å². The van der Waals surface area contributed by atoms with Gasteiger partial charge in [-0.05, 0) is 11.4 Å². The van der Waals surface area contributed by atoms with Crippen LogP contribution in [-0.4, -0.2) is 22.0 Å². The molecule has 0 unspecified atom stereocenters. The Bertz CT molecular complexity index is 450. The highest BCUT2D eigenvalue weighted by Crippen LogP contribution is 2.26. The zero-order valence-corrected chi connectivity index (χ0v) is 9.25. The number of hydrogen-bond donors (Lipinski definition) is 1. The largest absolute Gasteiger partial charge is 0.325 e. The van der Waals surface area contributed by atoms with Crippen LogP contribution in [-0.2, 0) is 6.54 Å². The first-order valence-corrected chi connectivity index (χ1v) is 5.62. The summed E-state index contributed by atoms with van der Waals surface area (Å²) in [5.41, 5.74) is 5.71. The highest BCUT2D eigenvalue weighted by atomic mass is 32.1. The topological polar surface area (TPSA) is 43.8 Å². The zero-order chi connectivity index (χ0) is 11.6. The number of hydrogen-bond acceptors (Lipinski definition) is 3. The van der Waals surface area contributed by atoms with Crippen LogP contribution in [0.25, 0.3) is 10.6 Å². The summed E-state index contributed by atoms with van der Waals surface area (Å²) < 4.78 is 27.8. The second-order valence-electron chi connectivity index (χ2n) is 3.44. The lowest BCUT2D eigenvalue weighted by atomic mass is 10.3. The molecule has 0 saturated heterocycles. The molecule has 2 rings (SSSR count). The van der Waals surface area contributed by atoms with E-state index in [9.17, 15) is 8.78 Å². The first-order chi connectivity index (χ1) is 7.62. The van der Waals surface area contributed by atoms with E-state index in [2.05, 4.69) is 4.98 Å². The summed E-state index contributed by atoms with van der Waals surface area (Å²) in [4.78, 5) is 4.81. The number of thiophene rings is 1. The van der Waals surface area contributed by atoms with E-state index in [0.29, 0.717) is 5.69 Å². The molecule has 6 heteroatoms. The van der Waals surface area contributed by atoms with Crippen molar-refractivity contribution in [3.05, 3.63) is 30.0 Å². The fourth-order valence-electron chi connectivity index (χ4n) is 1.39. The fraction of sp³-hybridized carbons (Fsp3) is 0.300. The van der Waals surface area contributed by atoms with Crippen LogP contribution in [0.4, 0.5) is 8.78 Å². The summed E-state index contributed by atoms with van der Waals surface area (Å²) in [6.45, 7) is -1.09. The van der Waals surface area contributed by atoms with E-state index in [0.717, 1.165) is 4.88 Å². The molecular weight excluding hydrogens is 232 g/mol. The SMILES string of the molecule is NCC(F)(F)Cn1cncc1-c1cccs1. The number of imidazole rings is 1. The highest BCUT2D eigenvalue weighted by molar-refractivity contribution is 7.13. The Morgan fingerprint density at radius 3 is 2.94 bits per heavy atom. The van der Waals surface area contributed by atoms with Gasteiger partial charge < -0.3 is 10.3 Å². The number of nitrogens with zero attached hydrogens (tertiary/aromatic N) is 2. The average Bonchev–Trinajstić information content (AvgIpc) is 2.86. The molecule has 2 aromatic heterocycles. The number of halogens is 2. The van der Waals surface area contributed by atoms with Gasteiger partial charge in [-0.15, -0.1) is 11.3 Å². The predicted molar refractivity (Wildman–Crippen MR) is 59.5 cm³/mol. The minimum absolute atomic E-state index is 0.434. The highest BCUT2D eigenvalue weighted by Gasteiger charge is 2.28. The maximum Gasteiger partial charge on any atom is 0.277 e. The molecule has 16 heavy (non-hydrogen) atoms. The Balaban J connectivity index is 2.27. The summed E-state index contributed by atoms with van der Waals surface area (Å²) in [6, 6.07) is 3.75. The van der Waals surface area contributed by atoms with Crippen molar-refractivity contribution in [3.63, 3.8) is 0 Å². The van der Waals surface area contributed by atoms with Gasteiger partial charge in [-0.1, -0.05) is 6.07 Å². The van der Waals surface area contributed by atoms with Gasteiger partial charge in [-0.25, -0.2) is 13.8 Å². The van der Waals surface area contributed by atoms with Gasteiger partial charge in [0.2, 0.25) is 0 Å². The fourth-order valence-corrected chi connectivity index (χ4v) is 2.14. The summed E-state index contributed by atoms with van der Waals surface area (Å²) in [5, 5.41) is 1.90. The van der Waals surface area contributed by atoms with E-state index in [1.165, 1.54) is 22.2 Å². The molecule has 0 atom stereocenters. The predicted octanol–water partition coefficient (Wildman–Crippen LogP) is 2.21. The van der Waals surface area contributed by atoms with E-state index < -0.39 is 19.0 Å². The van der Waals surface area contributed by atoms with Gasteiger partial charge >= 0.3 is 0 Å². The van der Waals surface area contributed by atoms with E-state index in [1.807, 2.05) is 17.5 Å². The molecule has 0 aromatic carbocycles. The maximum atomic E-state index is 13.2. The molecule has 0 spiro atoms. The molecule has 0 aliphatic carbocycles. The van der Waals surface area contributed by atoms with Crippen molar-refractivity contribution in [2.75, 3.05) is 6.54 Å². The third-order valence-corrected chi connectivity index (χ3v) is 3.08. The van der Waals surface area contributed by atoms with Crippen LogP contribution in [0.1, 0.15) is 0 Å². The van der Waals surface area contributed by atoms with E-state index in [1.54, 1.807) is 6.20 Å². The van der Waals surface area contributed by atoms with Gasteiger partial charge in [0.15, 0.2) is 0 Å². The molecular formula is C10H11F2N3S. The monoisotopic (exact) mass is 243 g/mol. The number of nitrogens with two attached hydrogens (primary N) is 1. The standard InChI is InChI=1S/C10H11F2N3S/c11-10(12,5-13)6-15-7-14-4-8(15)9-2-1-3-16-9/h1-4,7H,5-6,13H2. The first-order valence-electron chi connectivity index (χ1n) is 4.74. The van der Waals surface area contributed by atoms with Crippen LogP contribution in [0.2, 0.25) is 0 Å². The van der Waals surface area contributed by atoms with Gasteiger partial charge in [-0.3, -0.25) is 0 Å². The van der Waals surface area contributed by atoms with Crippen molar-refractivity contribution in [1.82, 2.24) is 9.55 Å². The lowest BCUT2D eigenvalue weighted by molar-refractivity contribution is -0.00623. The third-order valence-electron chi connectivity index (χ3n) is 2.19. The summed E-state index contributed by atoms with van der Waals surface area (Å²) in [7, 11) is 0. The molecule has 86 valence electrons. The van der Waals surface area contributed by atoms with Gasteiger partial charge in [0.05, 0.1) is 36.2 Å². The van der Waals surface area contributed by atoms with Crippen LogP contribution in [0, 0.1) is 0 Å². The second-order valence-corrected chi connectivity index (χ2v) is 4.39. The van der Waals surface area contributed by atoms with Crippen LogP contribution in [0.3, 0.4) is 0 Å². The summed E-state index contributed by atoms with van der Waals surface area (Å²) in [5.74, 6) is -2.90. The Morgan fingerprint density at radius 2 is 2.31 bits per heavy atom. The molecule has 0 saturated carbocycles. The molecule has 0 bridgehead atoms. The second kappa shape index (κ2) is 4.31. The van der Waals surface area contributed by atoms with Crippen molar-refractivity contribution >= 4 is 11.3 Å². The number of aromatic nitrogens is 2. The van der Waals surface area contributed by atoms with Crippen molar-refractivity contribution in [2.45, 2.75) is 12.5 Å². The molecule has 0 amide bonds.